The molecule has 1 saturated heterocycles. The number of aryl methyl sites for hydroxylation is 1. The average Bonchev–Trinajstić information content (AvgIpc) is 3.19. The van der Waals surface area contributed by atoms with Gasteiger partial charge in [-0.25, -0.2) is 4.39 Å². The summed E-state index contributed by atoms with van der Waals surface area (Å²) in [6, 6.07) is 4.92. The molecule has 2 heterocycles. The molecule has 1 fully saturated rings. The fraction of sp³-hybridized carbons (Fsp3) is 0.412. The molecule has 1 aliphatic heterocycles. The van der Waals surface area contributed by atoms with Crippen LogP contribution < -0.4 is 10.6 Å². The van der Waals surface area contributed by atoms with Crippen molar-refractivity contribution in [2.24, 2.45) is 13.0 Å². The van der Waals surface area contributed by atoms with Gasteiger partial charge in [-0.15, -0.1) is 0 Å². The molecule has 2 aromatic rings. The van der Waals surface area contributed by atoms with Crippen molar-refractivity contribution in [2.45, 2.75) is 12.3 Å². The lowest BCUT2D eigenvalue weighted by Gasteiger charge is -2.17. The van der Waals surface area contributed by atoms with Crippen LogP contribution in [0.15, 0.2) is 35.1 Å². The summed E-state index contributed by atoms with van der Waals surface area (Å²) in [5, 5.41) is 10.5. The summed E-state index contributed by atoms with van der Waals surface area (Å²) in [4.78, 5) is 12.5. The monoisotopic (exact) mass is 394 g/mol. The SMILES string of the molecule is Cn1cc([C@H]2CNC[C@@H]2C(=O)NCCc2ccc(F)c(Br)c2)cn1. The number of hydrogen-bond donors (Lipinski definition) is 2. The molecule has 0 saturated carbocycles. The summed E-state index contributed by atoms with van der Waals surface area (Å²) in [5.74, 6) is -0.165. The van der Waals surface area contributed by atoms with Gasteiger partial charge in [0.1, 0.15) is 5.82 Å². The summed E-state index contributed by atoms with van der Waals surface area (Å²) in [6.07, 6.45) is 4.46. The van der Waals surface area contributed by atoms with E-state index in [1.807, 2.05) is 19.4 Å². The van der Waals surface area contributed by atoms with E-state index in [9.17, 15) is 9.18 Å². The van der Waals surface area contributed by atoms with Crippen molar-refractivity contribution in [3.63, 3.8) is 0 Å². The van der Waals surface area contributed by atoms with E-state index < -0.39 is 0 Å². The van der Waals surface area contributed by atoms with E-state index in [1.165, 1.54) is 6.07 Å². The molecule has 2 atom stereocenters. The lowest BCUT2D eigenvalue weighted by molar-refractivity contribution is -0.124. The molecule has 2 N–H and O–H groups in total. The second-order valence-electron chi connectivity index (χ2n) is 6.11. The Bertz CT molecular complexity index is 733. The first-order chi connectivity index (χ1) is 11.5. The highest BCUT2D eigenvalue weighted by molar-refractivity contribution is 9.10. The van der Waals surface area contributed by atoms with Crippen molar-refractivity contribution in [3.05, 3.63) is 52.0 Å². The molecule has 0 spiro atoms. The number of nitrogens with one attached hydrogen (secondary N) is 2. The number of amides is 1. The number of carbonyl (C=O) groups is 1. The third kappa shape index (κ3) is 3.84. The molecule has 7 heteroatoms. The van der Waals surface area contributed by atoms with Crippen LogP contribution in [0.1, 0.15) is 17.0 Å². The zero-order valence-corrected chi connectivity index (χ0v) is 15.0. The van der Waals surface area contributed by atoms with Crippen LogP contribution in [0, 0.1) is 11.7 Å². The maximum absolute atomic E-state index is 13.2. The van der Waals surface area contributed by atoms with Gasteiger partial charge in [0.25, 0.3) is 0 Å². The first kappa shape index (κ1) is 17.1. The predicted octanol–water partition coefficient (Wildman–Crippen LogP) is 1.98. The zero-order valence-electron chi connectivity index (χ0n) is 13.4. The number of carbonyl (C=O) groups excluding carboxylic acids is 1. The van der Waals surface area contributed by atoms with Crippen molar-refractivity contribution in [3.8, 4) is 0 Å². The minimum absolute atomic E-state index is 0.0510. The lowest BCUT2D eigenvalue weighted by atomic mass is 9.90. The van der Waals surface area contributed by atoms with E-state index in [0.29, 0.717) is 24.0 Å². The Morgan fingerprint density at radius 1 is 1.50 bits per heavy atom. The minimum Gasteiger partial charge on any atom is -0.355 e. The Morgan fingerprint density at radius 2 is 2.33 bits per heavy atom. The largest absolute Gasteiger partial charge is 0.355 e. The Morgan fingerprint density at radius 3 is 3.04 bits per heavy atom. The smallest absolute Gasteiger partial charge is 0.225 e. The number of nitrogens with zero attached hydrogens (tertiary/aromatic N) is 2. The Balaban J connectivity index is 1.55. The molecule has 1 aliphatic rings. The van der Waals surface area contributed by atoms with Crippen molar-refractivity contribution < 1.29 is 9.18 Å². The Kier molecular flexibility index (Phi) is 5.30. The molecule has 5 nitrogen and oxygen atoms in total. The fourth-order valence-electron chi connectivity index (χ4n) is 3.09. The highest BCUT2D eigenvalue weighted by atomic mass is 79.9. The molecule has 128 valence electrons. The third-order valence-corrected chi connectivity index (χ3v) is 5.01. The Labute approximate surface area is 148 Å². The summed E-state index contributed by atoms with van der Waals surface area (Å²) in [5.41, 5.74) is 2.07. The molecule has 0 bridgehead atoms. The molecule has 3 rings (SSSR count). The van der Waals surface area contributed by atoms with E-state index in [0.717, 1.165) is 17.7 Å². The molecular weight excluding hydrogens is 375 g/mol. The highest BCUT2D eigenvalue weighted by Crippen LogP contribution is 2.27. The summed E-state index contributed by atoms with van der Waals surface area (Å²) < 4.78 is 15.4. The van der Waals surface area contributed by atoms with Gasteiger partial charge in [0.2, 0.25) is 5.91 Å². The van der Waals surface area contributed by atoms with Crippen molar-refractivity contribution >= 4 is 21.8 Å². The van der Waals surface area contributed by atoms with Gasteiger partial charge in [0.05, 0.1) is 16.6 Å². The molecule has 0 radical (unpaired) electrons. The van der Waals surface area contributed by atoms with Gasteiger partial charge in [-0.2, -0.15) is 5.10 Å². The molecule has 1 aromatic carbocycles. The number of hydrogen-bond acceptors (Lipinski definition) is 3. The van der Waals surface area contributed by atoms with Crippen LogP contribution in [0.3, 0.4) is 0 Å². The predicted molar refractivity (Wildman–Crippen MR) is 93.1 cm³/mol. The van der Waals surface area contributed by atoms with Gasteiger partial charge in [-0.1, -0.05) is 6.07 Å². The van der Waals surface area contributed by atoms with Crippen molar-refractivity contribution in [1.29, 1.82) is 0 Å². The second kappa shape index (κ2) is 7.44. The van der Waals surface area contributed by atoms with Gasteiger partial charge in [0, 0.05) is 38.8 Å². The number of rotatable bonds is 5. The Hall–Kier alpha value is -1.73. The van der Waals surface area contributed by atoms with E-state index in [-0.39, 0.29) is 23.6 Å². The van der Waals surface area contributed by atoms with Gasteiger partial charge >= 0.3 is 0 Å². The van der Waals surface area contributed by atoms with E-state index in [2.05, 4.69) is 31.7 Å². The van der Waals surface area contributed by atoms with Crippen LogP contribution in [-0.4, -0.2) is 35.3 Å². The maximum Gasteiger partial charge on any atom is 0.225 e. The quantitative estimate of drug-likeness (QED) is 0.814. The van der Waals surface area contributed by atoms with Gasteiger partial charge in [0.15, 0.2) is 0 Å². The van der Waals surface area contributed by atoms with Crippen molar-refractivity contribution in [2.75, 3.05) is 19.6 Å². The topological polar surface area (TPSA) is 59.0 Å². The molecule has 1 amide bonds. The van der Waals surface area contributed by atoms with Crippen LogP contribution in [0.5, 0.6) is 0 Å². The van der Waals surface area contributed by atoms with Crippen LogP contribution in [0.2, 0.25) is 0 Å². The van der Waals surface area contributed by atoms with Gasteiger partial charge < -0.3 is 10.6 Å². The van der Waals surface area contributed by atoms with E-state index in [4.69, 9.17) is 0 Å². The summed E-state index contributed by atoms with van der Waals surface area (Å²) >= 11 is 3.18. The van der Waals surface area contributed by atoms with Crippen LogP contribution in [0.4, 0.5) is 4.39 Å². The van der Waals surface area contributed by atoms with Crippen LogP contribution >= 0.6 is 15.9 Å². The van der Waals surface area contributed by atoms with E-state index in [1.54, 1.807) is 16.8 Å². The van der Waals surface area contributed by atoms with Gasteiger partial charge in [-0.05, 0) is 45.6 Å². The highest BCUT2D eigenvalue weighted by Gasteiger charge is 2.34. The zero-order chi connectivity index (χ0) is 17.1. The normalized spacial score (nSPS) is 20.3. The fourth-order valence-corrected chi connectivity index (χ4v) is 3.52. The number of halogens is 2. The average molecular weight is 395 g/mol. The lowest BCUT2D eigenvalue weighted by Crippen LogP contribution is -2.35. The summed E-state index contributed by atoms with van der Waals surface area (Å²) in [7, 11) is 1.88. The molecule has 0 unspecified atom stereocenters. The third-order valence-electron chi connectivity index (χ3n) is 4.40. The molecule has 0 aliphatic carbocycles. The maximum atomic E-state index is 13.2. The number of benzene rings is 1. The van der Waals surface area contributed by atoms with Crippen molar-refractivity contribution in [1.82, 2.24) is 20.4 Å². The van der Waals surface area contributed by atoms with E-state index >= 15 is 0 Å². The van der Waals surface area contributed by atoms with Crippen LogP contribution in [-0.2, 0) is 18.3 Å². The second-order valence-corrected chi connectivity index (χ2v) is 6.96. The molecular formula is C17H20BrFN4O. The standard InChI is InChI=1S/C17H20BrFN4O/c1-23-10-12(7-22-23)13-8-20-9-14(13)17(24)21-5-4-11-2-3-16(19)15(18)6-11/h2-3,6-7,10,13-14,20H,4-5,8-9H2,1H3,(H,21,24)/t13-,14+/m1/s1. The first-order valence-corrected chi connectivity index (χ1v) is 8.75. The minimum atomic E-state index is -0.279. The number of aromatic nitrogens is 2. The first-order valence-electron chi connectivity index (χ1n) is 7.95. The summed E-state index contributed by atoms with van der Waals surface area (Å²) in [6.45, 7) is 2.00. The van der Waals surface area contributed by atoms with Crippen LogP contribution in [0.25, 0.3) is 0 Å². The molecule has 1 aromatic heterocycles. The molecule has 24 heavy (non-hydrogen) atoms. The van der Waals surface area contributed by atoms with Gasteiger partial charge in [-0.3, -0.25) is 9.48 Å².